The molecule has 1 aromatic rings. The molecule has 0 atom stereocenters. The van der Waals surface area contributed by atoms with Crippen LogP contribution in [-0.2, 0) is 0 Å². The zero-order valence-corrected chi connectivity index (χ0v) is 10.3. The Hall–Kier alpha value is -1.08. The number of benzene rings is 1. The van der Waals surface area contributed by atoms with E-state index in [2.05, 4.69) is 38.1 Å². The van der Waals surface area contributed by atoms with Crippen LogP contribution in [0.4, 0.5) is 0 Å². The van der Waals surface area contributed by atoms with Gasteiger partial charge in [0.2, 0.25) is 0 Å². The summed E-state index contributed by atoms with van der Waals surface area (Å²) in [5.74, 6) is 0. The summed E-state index contributed by atoms with van der Waals surface area (Å²) in [5.41, 5.74) is 11.5. The van der Waals surface area contributed by atoms with Gasteiger partial charge in [-0.05, 0) is 45.1 Å². The molecular formula is C15H21N. The average molecular weight is 215 g/mol. The van der Waals surface area contributed by atoms with Gasteiger partial charge < -0.3 is 5.73 Å². The molecule has 1 heteroatoms. The van der Waals surface area contributed by atoms with Crippen molar-refractivity contribution in [2.75, 3.05) is 0 Å². The van der Waals surface area contributed by atoms with Crippen molar-refractivity contribution in [2.45, 2.75) is 45.6 Å². The first-order valence-corrected chi connectivity index (χ1v) is 6.17. The van der Waals surface area contributed by atoms with Gasteiger partial charge in [0, 0.05) is 6.04 Å². The first-order chi connectivity index (χ1) is 7.63. The molecule has 2 N–H and O–H groups in total. The molecule has 0 amide bonds. The predicted octanol–water partition coefficient (Wildman–Crippen LogP) is 3.59. The fraction of sp³-hybridized carbons (Fsp3) is 0.467. The summed E-state index contributed by atoms with van der Waals surface area (Å²) in [6, 6.07) is 7.17. The highest BCUT2D eigenvalue weighted by Crippen LogP contribution is 2.25. The summed E-state index contributed by atoms with van der Waals surface area (Å²) in [4.78, 5) is 0. The Labute approximate surface area is 98.4 Å². The van der Waals surface area contributed by atoms with Gasteiger partial charge in [-0.25, -0.2) is 0 Å². The van der Waals surface area contributed by atoms with Crippen molar-refractivity contribution in [3.8, 4) is 0 Å². The van der Waals surface area contributed by atoms with Gasteiger partial charge in [0.05, 0.1) is 0 Å². The molecule has 1 aromatic carbocycles. The van der Waals surface area contributed by atoms with Gasteiger partial charge in [-0.3, -0.25) is 0 Å². The Morgan fingerprint density at radius 3 is 2.19 bits per heavy atom. The smallest absolute Gasteiger partial charge is 0.00449 e. The number of aryl methyl sites for hydroxylation is 2. The molecule has 1 nitrogen and oxygen atoms in total. The molecule has 0 unspecified atom stereocenters. The van der Waals surface area contributed by atoms with Crippen molar-refractivity contribution in [3.63, 3.8) is 0 Å². The molecule has 1 saturated carbocycles. The quantitative estimate of drug-likeness (QED) is 0.761. The van der Waals surface area contributed by atoms with E-state index in [1.165, 1.54) is 29.5 Å². The highest BCUT2D eigenvalue weighted by atomic mass is 14.6. The maximum Gasteiger partial charge on any atom is 0.00449 e. The molecular weight excluding hydrogens is 194 g/mol. The van der Waals surface area contributed by atoms with Crippen LogP contribution in [0, 0.1) is 13.8 Å². The zero-order valence-electron chi connectivity index (χ0n) is 10.3. The lowest BCUT2D eigenvalue weighted by Crippen LogP contribution is -2.23. The fourth-order valence-corrected chi connectivity index (χ4v) is 2.48. The van der Waals surface area contributed by atoms with Gasteiger partial charge >= 0.3 is 0 Å². The Morgan fingerprint density at radius 2 is 1.62 bits per heavy atom. The maximum absolute atomic E-state index is 5.91. The SMILES string of the molecule is Cc1cc(C)cc(C=C2CCC(N)CC2)c1. The monoisotopic (exact) mass is 215 g/mol. The third-order valence-corrected chi connectivity index (χ3v) is 3.29. The molecule has 1 fully saturated rings. The van der Waals surface area contributed by atoms with Gasteiger partial charge in [0.25, 0.3) is 0 Å². The van der Waals surface area contributed by atoms with E-state index in [0.29, 0.717) is 6.04 Å². The Bertz CT molecular complexity index is 374. The molecule has 0 aliphatic heterocycles. The number of rotatable bonds is 1. The third-order valence-electron chi connectivity index (χ3n) is 3.29. The summed E-state index contributed by atoms with van der Waals surface area (Å²) in [6.45, 7) is 4.32. The molecule has 16 heavy (non-hydrogen) atoms. The molecule has 0 spiro atoms. The average Bonchev–Trinajstić information content (AvgIpc) is 2.20. The normalized spacial score (nSPS) is 20.9. The molecule has 0 aromatic heterocycles. The number of hydrogen-bond acceptors (Lipinski definition) is 1. The minimum absolute atomic E-state index is 0.427. The van der Waals surface area contributed by atoms with Crippen LogP contribution in [-0.4, -0.2) is 6.04 Å². The van der Waals surface area contributed by atoms with Crippen molar-refractivity contribution in [1.29, 1.82) is 0 Å². The predicted molar refractivity (Wildman–Crippen MR) is 70.3 cm³/mol. The van der Waals surface area contributed by atoms with Crippen LogP contribution < -0.4 is 5.73 Å². The lowest BCUT2D eigenvalue weighted by atomic mass is 9.90. The van der Waals surface area contributed by atoms with Gasteiger partial charge in [-0.15, -0.1) is 0 Å². The Morgan fingerprint density at radius 1 is 1.06 bits per heavy atom. The second-order valence-corrected chi connectivity index (χ2v) is 5.06. The summed E-state index contributed by atoms with van der Waals surface area (Å²) < 4.78 is 0. The lowest BCUT2D eigenvalue weighted by molar-refractivity contribution is 0.514. The maximum atomic E-state index is 5.91. The summed E-state index contributed by atoms with van der Waals surface area (Å²) in [5, 5.41) is 0. The third kappa shape index (κ3) is 2.96. The summed E-state index contributed by atoms with van der Waals surface area (Å²) >= 11 is 0. The topological polar surface area (TPSA) is 26.0 Å². The van der Waals surface area contributed by atoms with E-state index in [4.69, 9.17) is 5.73 Å². The van der Waals surface area contributed by atoms with Crippen LogP contribution >= 0.6 is 0 Å². The van der Waals surface area contributed by atoms with E-state index in [-0.39, 0.29) is 0 Å². The van der Waals surface area contributed by atoms with Crippen LogP contribution in [0.1, 0.15) is 42.4 Å². The highest BCUT2D eigenvalue weighted by molar-refractivity contribution is 5.55. The molecule has 0 heterocycles. The van der Waals surface area contributed by atoms with Crippen molar-refractivity contribution in [2.24, 2.45) is 5.73 Å². The fourth-order valence-electron chi connectivity index (χ4n) is 2.48. The van der Waals surface area contributed by atoms with Crippen molar-refractivity contribution < 1.29 is 0 Å². The zero-order chi connectivity index (χ0) is 11.5. The van der Waals surface area contributed by atoms with E-state index in [0.717, 1.165) is 12.8 Å². The molecule has 1 aliphatic rings. The standard InChI is InChI=1S/C15H21N/c1-11-7-12(2)9-14(8-11)10-13-3-5-15(16)6-4-13/h7-10,15H,3-6,16H2,1-2H3. The summed E-state index contributed by atoms with van der Waals surface area (Å²) in [7, 11) is 0. The van der Waals surface area contributed by atoms with E-state index in [9.17, 15) is 0 Å². The van der Waals surface area contributed by atoms with Crippen LogP contribution in [0.15, 0.2) is 23.8 Å². The molecule has 86 valence electrons. The van der Waals surface area contributed by atoms with Crippen molar-refractivity contribution in [1.82, 2.24) is 0 Å². The van der Waals surface area contributed by atoms with Gasteiger partial charge in [-0.2, -0.15) is 0 Å². The second kappa shape index (κ2) is 4.84. The first-order valence-electron chi connectivity index (χ1n) is 6.17. The Balaban J connectivity index is 2.16. The van der Waals surface area contributed by atoms with Crippen LogP contribution in [0.25, 0.3) is 6.08 Å². The molecule has 1 aliphatic carbocycles. The molecule has 2 rings (SSSR count). The van der Waals surface area contributed by atoms with E-state index in [1.54, 1.807) is 5.57 Å². The Kier molecular flexibility index (Phi) is 3.45. The summed E-state index contributed by atoms with van der Waals surface area (Å²) in [6.07, 6.45) is 7.00. The molecule has 0 bridgehead atoms. The van der Waals surface area contributed by atoms with Crippen molar-refractivity contribution in [3.05, 3.63) is 40.5 Å². The van der Waals surface area contributed by atoms with Crippen LogP contribution in [0.5, 0.6) is 0 Å². The van der Waals surface area contributed by atoms with E-state index >= 15 is 0 Å². The van der Waals surface area contributed by atoms with Crippen LogP contribution in [0.2, 0.25) is 0 Å². The van der Waals surface area contributed by atoms with Crippen LogP contribution in [0.3, 0.4) is 0 Å². The minimum Gasteiger partial charge on any atom is -0.328 e. The first kappa shape index (κ1) is 11.4. The van der Waals surface area contributed by atoms with E-state index in [1.807, 2.05) is 0 Å². The largest absolute Gasteiger partial charge is 0.328 e. The van der Waals surface area contributed by atoms with E-state index < -0.39 is 0 Å². The highest BCUT2D eigenvalue weighted by Gasteiger charge is 2.12. The number of hydrogen-bond donors (Lipinski definition) is 1. The van der Waals surface area contributed by atoms with Gasteiger partial charge in [0.15, 0.2) is 0 Å². The van der Waals surface area contributed by atoms with Crippen molar-refractivity contribution >= 4 is 6.08 Å². The number of nitrogens with two attached hydrogens (primary N) is 1. The minimum atomic E-state index is 0.427. The lowest BCUT2D eigenvalue weighted by Gasteiger charge is -2.20. The second-order valence-electron chi connectivity index (χ2n) is 5.06. The molecule has 0 saturated heterocycles. The number of allylic oxidation sites excluding steroid dienone is 1. The van der Waals surface area contributed by atoms with Gasteiger partial charge in [0.1, 0.15) is 0 Å². The van der Waals surface area contributed by atoms with Gasteiger partial charge in [-0.1, -0.05) is 41.0 Å². The molecule has 0 radical (unpaired) electrons.